The topological polar surface area (TPSA) is 94.1 Å². The number of amides is 1. The highest BCUT2D eigenvalue weighted by molar-refractivity contribution is 5.76. The Kier molecular flexibility index (Phi) is 5.50. The van der Waals surface area contributed by atoms with Crippen LogP contribution in [-0.2, 0) is 17.8 Å². The molecule has 1 aliphatic rings. The second-order valence-corrected chi connectivity index (χ2v) is 7.40. The van der Waals surface area contributed by atoms with Crippen LogP contribution in [-0.4, -0.2) is 43.8 Å². The van der Waals surface area contributed by atoms with E-state index in [0.29, 0.717) is 31.2 Å². The van der Waals surface area contributed by atoms with E-state index in [1.54, 1.807) is 11.0 Å². The lowest BCUT2D eigenvalue weighted by molar-refractivity contribution is -0.134. The zero-order chi connectivity index (χ0) is 20.2. The van der Waals surface area contributed by atoms with Crippen LogP contribution in [0.2, 0.25) is 0 Å². The highest BCUT2D eigenvalue weighted by Gasteiger charge is 2.26. The van der Waals surface area contributed by atoms with E-state index >= 15 is 0 Å². The van der Waals surface area contributed by atoms with Crippen molar-refractivity contribution in [3.05, 3.63) is 64.4 Å². The van der Waals surface area contributed by atoms with Crippen LogP contribution in [0.1, 0.15) is 24.3 Å². The van der Waals surface area contributed by atoms with Gasteiger partial charge in [0.1, 0.15) is 6.54 Å². The van der Waals surface area contributed by atoms with Crippen molar-refractivity contribution in [3.63, 3.8) is 0 Å². The second kappa shape index (κ2) is 8.38. The van der Waals surface area contributed by atoms with Gasteiger partial charge in [-0.1, -0.05) is 29.4 Å². The molecular weight excluding hydrogens is 370 g/mol. The normalized spacial score (nSPS) is 16.7. The average molecular weight is 393 g/mol. The maximum absolute atomic E-state index is 12.6. The van der Waals surface area contributed by atoms with Gasteiger partial charge in [0.05, 0.1) is 0 Å². The Morgan fingerprint density at radius 3 is 2.93 bits per heavy atom. The fraction of sp³-hybridized carbons (Fsp3) is 0.381. The molecule has 1 saturated heterocycles. The van der Waals surface area contributed by atoms with Crippen molar-refractivity contribution in [2.75, 3.05) is 13.1 Å². The molecule has 3 aromatic rings. The molecule has 8 heteroatoms. The highest BCUT2D eigenvalue weighted by atomic mass is 16.5. The fourth-order valence-electron chi connectivity index (χ4n) is 3.71. The summed E-state index contributed by atoms with van der Waals surface area (Å²) in [7, 11) is 0. The van der Waals surface area contributed by atoms with E-state index in [1.165, 1.54) is 16.9 Å². The van der Waals surface area contributed by atoms with Crippen molar-refractivity contribution in [1.82, 2.24) is 24.8 Å². The van der Waals surface area contributed by atoms with Gasteiger partial charge in [-0.05, 0) is 37.3 Å². The number of hydrogen-bond donors (Lipinski definition) is 0. The Labute approximate surface area is 168 Å². The molecule has 1 amide bonds. The number of piperidine rings is 1. The molecule has 0 spiro atoms. The lowest BCUT2D eigenvalue weighted by atomic mass is 9.94. The maximum Gasteiger partial charge on any atom is 0.267 e. The third-order valence-electron chi connectivity index (χ3n) is 5.26. The molecule has 3 heterocycles. The number of likely N-dealkylation sites (tertiary alicyclic amines) is 1. The number of nitrogens with zero attached hydrogens (tertiary/aromatic N) is 5. The predicted octanol–water partition coefficient (Wildman–Crippen LogP) is 2.08. The second-order valence-electron chi connectivity index (χ2n) is 7.40. The lowest BCUT2D eigenvalue weighted by Gasteiger charge is -2.32. The van der Waals surface area contributed by atoms with Crippen LogP contribution >= 0.6 is 0 Å². The van der Waals surface area contributed by atoms with Crippen molar-refractivity contribution in [1.29, 1.82) is 0 Å². The molecule has 1 fully saturated rings. The van der Waals surface area contributed by atoms with Gasteiger partial charge < -0.3 is 9.42 Å². The Morgan fingerprint density at radius 1 is 1.24 bits per heavy atom. The summed E-state index contributed by atoms with van der Waals surface area (Å²) >= 11 is 0. The minimum absolute atomic E-state index is 0.0373. The van der Waals surface area contributed by atoms with Crippen molar-refractivity contribution in [2.45, 2.75) is 32.7 Å². The van der Waals surface area contributed by atoms with E-state index in [4.69, 9.17) is 4.52 Å². The molecule has 1 aliphatic heterocycles. The van der Waals surface area contributed by atoms with Gasteiger partial charge in [-0.3, -0.25) is 9.59 Å². The molecule has 29 heavy (non-hydrogen) atoms. The van der Waals surface area contributed by atoms with Crippen LogP contribution < -0.4 is 5.56 Å². The molecule has 0 N–H and O–H groups in total. The van der Waals surface area contributed by atoms with E-state index in [-0.39, 0.29) is 23.9 Å². The monoisotopic (exact) mass is 393 g/mol. The smallest absolute Gasteiger partial charge is 0.267 e. The maximum atomic E-state index is 12.6. The first-order valence-corrected chi connectivity index (χ1v) is 9.78. The molecule has 8 nitrogen and oxygen atoms in total. The molecule has 1 unspecified atom stereocenters. The minimum Gasteiger partial charge on any atom is -0.341 e. The average Bonchev–Trinajstić information content (AvgIpc) is 3.18. The Morgan fingerprint density at radius 2 is 2.10 bits per heavy atom. The van der Waals surface area contributed by atoms with Gasteiger partial charge in [-0.25, -0.2) is 4.68 Å². The van der Waals surface area contributed by atoms with Crippen molar-refractivity contribution in [3.8, 4) is 11.4 Å². The van der Waals surface area contributed by atoms with E-state index in [0.717, 1.165) is 24.0 Å². The van der Waals surface area contributed by atoms with Gasteiger partial charge in [0, 0.05) is 37.3 Å². The fourth-order valence-corrected chi connectivity index (χ4v) is 3.71. The van der Waals surface area contributed by atoms with E-state index in [2.05, 4.69) is 15.2 Å². The zero-order valence-corrected chi connectivity index (χ0v) is 16.3. The van der Waals surface area contributed by atoms with Crippen molar-refractivity contribution in [2.24, 2.45) is 5.92 Å². The summed E-state index contributed by atoms with van der Waals surface area (Å²) in [4.78, 5) is 30.8. The molecule has 4 rings (SSSR count). The van der Waals surface area contributed by atoms with E-state index in [9.17, 15) is 9.59 Å². The number of hydrogen-bond acceptors (Lipinski definition) is 6. The van der Waals surface area contributed by atoms with E-state index in [1.807, 2.05) is 31.2 Å². The van der Waals surface area contributed by atoms with Gasteiger partial charge in [0.15, 0.2) is 0 Å². The van der Waals surface area contributed by atoms with Gasteiger partial charge in [0.25, 0.3) is 5.56 Å². The first-order chi connectivity index (χ1) is 14.1. The summed E-state index contributed by atoms with van der Waals surface area (Å²) in [6, 6.07) is 10.9. The molecule has 1 atom stereocenters. The SMILES string of the molecule is Cc1ccccc1-c1noc(CC2CCCN(C(=O)Cn3ncccc3=O)C2)n1. The number of aryl methyl sites for hydroxylation is 1. The van der Waals surface area contributed by atoms with Gasteiger partial charge in [-0.15, -0.1) is 0 Å². The van der Waals surface area contributed by atoms with Crippen molar-refractivity contribution >= 4 is 5.91 Å². The minimum atomic E-state index is -0.274. The molecule has 0 saturated carbocycles. The number of rotatable bonds is 5. The third-order valence-corrected chi connectivity index (χ3v) is 5.26. The number of carbonyl (C=O) groups is 1. The Balaban J connectivity index is 1.39. The molecule has 0 bridgehead atoms. The summed E-state index contributed by atoms with van der Waals surface area (Å²) < 4.78 is 6.66. The number of carbonyl (C=O) groups excluding carboxylic acids is 1. The zero-order valence-electron chi connectivity index (χ0n) is 16.3. The van der Waals surface area contributed by atoms with Crippen LogP contribution in [0.4, 0.5) is 0 Å². The highest BCUT2D eigenvalue weighted by Crippen LogP contribution is 2.23. The van der Waals surface area contributed by atoms with E-state index < -0.39 is 0 Å². The molecule has 150 valence electrons. The summed E-state index contributed by atoms with van der Waals surface area (Å²) in [6.07, 6.45) is 4.04. The number of aromatic nitrogens is 4. The molecule has 1 aromatic carbocycles. The molecule has 2 aromatic heterocycles. The van der Waals surface area contributed by atoms with Crippen LogP contribution in [0.25, 0.3) is 11.4 Å². The summed E-state index contributed by atoms with van der Waals surface area (Å²) in [5, 5.41) is 8.08. The Bertz CT molecular complexity index is 1060. The summed E-state index contributed by atoms with van der Waals surface area (Å²) in [5.74, 6) is 1.33. The summed E-state index contributed by atoms with van der Waals surface area (Å²) in [5.41, 5.74) is 1.78. The largest absolute Gasteiger partial charge is 0.341 e. The van der Waals surface area contributed by atoms with Crippen LogP contribution in [0.5, 0.6) is 0 Å². The van der Waals surface area contributed by atoms with Gasteiger partial charge in [0.2, 0.25) is 17.6 Å². The summed E-state index contributed by atoms with van der Waals surface area (Å²) in [6.45, 7) is 3.28. The van der Waals surface area contributed by atoms with Crippen LogP contribution in [0.15, 0.2) is 51.9 Å². The standard InChI is InChI=1S/C21H23N5O3/c1-15-6-2-3-8-17(15)21-23-18(29-24-21)12-16-7-5-11-25(13-16)20(28)14-26-19(27)9-4-10-22-26/h2-4,6,8-10,16H,5,7,11-14H2,1H3. The predicted molar refractivity (Wildman–Crippen MR) is 106 cm³/mol. The van der Waals surface area contributed by atoms with Crippen LogP contribution in [0.3, 0.4) is 0 Å². The molecule has 0 aliphatic carbocycles. The first kappa shape index (κ1) is 19.0. The quantitative estimate of drug-likeness (QED) is 0.659. The third kappa shape index (κ3) is 4.42. The Hall–Kier alpha value is -3.29. The van der Waals surface area contributed by atoms with Crippen LogP contribution in [0, 0.1) is 12.8 Å². The molecule has 0 radical (unpaired) electrons. The number of benzene rings is 1. The molecular formula is C21H23N5O3. The first-order valence-electron chi connectivity index (χ1n) is 9.78. The van der Waals surface area contributed by atoms with Gasteiger partial charge in [-0.2, -0.15) is 10.1 Å². The lowest BCUT2D eigenvalue weighted by Crippen LogP contribution is -2.43. The van der Waals surface area contributed by atoms with Gasteiger partial charge >= 0.3 is 0 Å². The van der Waals surface area contributed by atoms with Crippen molar-refractivity contribution < 1.29 is 9.32 Å².